The Morgan fingerprint density at radius 3 is 3.08 bits per heavy atom. The van der Waals surface area contributed by atoms with Crippen molar-refractivity contribution >= 4 is 18.9 Å². The molecule has 0 spiro atoms. The van der Waals surface area contributed by atoms with Crippen LogP contribution in [0.5, 0.6) is 0 Å². The number of ether oxygens (including phenoxy) is 2. The van der Waals surface area contributed by atoms with Gasteiger partial charge in [0.15, 0.2) is 6.29 Å². The lowest BCUT2D eigenvalue weighted by molar-refractivity contribution is -0.162. The van der Waals surface area contributed by atoms with E-state index in [1.54, 1.807) is 0 Å². The number of hydrogen-bond acceptors (Lipinski definition) is 4. The first-order valence-electron chi connectivity index (χ1n) is 4.68. The molecular weight excluding hydrogens is 188 g/mol. The standard InChI is InChI=1S/C9H16O3S/c10-5-4-8(13)7-12-9-3-1-2-6-11-9/h5,8-9,13H,1-4,6-7H2. The second-order valence-corrected chi connectivity index (χ2v) is 3.92. The molecule has 1 aliphatic rings. The van der Waals surface area contributed by atoms with Crippen LogP contribution in [0.3, 0.4) is 0 Å². The van der Waals surface area contributed by atoms with Gasteiger partial charge in [-0.05, 0) is 19.3 Å². The first-order chi connectivity index (χ1) is 6.33. The smallest absolute Gasteiger partial charge is 0.157 e. The molecule has 1 fully saturated rings. The van der Waals surface area contributed by atoms with Crippen molar-refractivity contribution in [3.8, 4) is 0 Å². The Hall–Kier alpha value is -0.0600. The fraction of sp³-hybridized carbons (Fsp3) is 0.889. The monoisotopic (exact) mass is 204 g/mol. The molecule has 3 nitrogen and oxygen atoms in total. The third kappa shape index (κ3) is 4.64. The molecule has 1 aliphatic heterocycles. The Labute approximate surface area is 84.2 Å². The molecular formula is C9H16O3S. The fourth-order valence-corrected chi connectivity index (χ4v) is 1.41. The summed E-state index contributed by atoms with van der Waals surface area (Å²) in [4.78, 5) is 10.1. The van der Waals surface area contributed by atoms with Crippen molar-refractivity contribution in [1.29, 1.82) is 0 Å². The highest BCUT2D eigenvalue weighted by Crippen LogP contribution is 2.14. The van der Waals surface area contributed by atoms with Gasteiger partial charge in [0.25, 0.3) is 0 Å². The van der Waals surface area contributed by atoms with E-state index >= 15 is 0 Å². The fourth-order valence-electron chi connectivity index (χ4n) is 1.24. The van der Waals surface area contributed by atoms with Crippen LogP contribution in [0.2, 0.25) is 0 Å². The van der Waals surface area contributed by atoms with Gasteiger partial charge in [-0.3, -0.25) is 0 Å². The van der Waals surface area contributed by atoms with E-state index in [-0.39, 0.29) is 11.5 Å². The van der Waals surface area contributed by atoms with Crippen LogP contribution in [0.4, 0.5) is 0 Å². The molecule has 0 N–H and O–H groups in total. The summed E-state index contributed by atoms with van der Waals surface area (Å²) in [6.07, 6.45) is 4.48. The van der Waals surface area contributed by atoms with E-state index in [4.69, 9.17) is 9.47 Å². The first kappa shape index (κ1) is 11.0. The molecule has 0 bridgehead atoms. The number of thiol groups is 1. The lowest BCUT2D eigenvalue weighted by atomic mass is 10.2. The largest absolute Gasteiger partial charge is 0.353 e. The molecule has 0 radical (unpaired) electrons. The summed E-state index contributed by atoms with van der Waals surface area (Å²) in [5, 5.41) is 0.00280. The van der Waals surface area contributed by atoms with Crippen molar-refractivity contribution in [3.63, 3.8) is 0 Å². The summed E-state index contributed by atoms with van der Waals surface area (Å²) < 4.78 is 10.8. The lowest BCUT2D eigenvalue weighted by Crippen LogP contribution is -2.25. The molecule has 2 unspecified atom stereocenters. The van der Waals surface area contributed by atoms with Gasteiger partial charge in [-0.2, -0.15) is 12.6 Å². The van der Waals surface area contributed by atoms with Crippen molar-refractivity contribution in [2.75, 3.05) is 13.2 Å². The summed E-state index contributed by atoms with van der Waals surface area (Å²) in [7, 11) is 0. The molecule has 1 heterocycles. The van der Waals surface area contributed by atoms with Crippen LogP contribution in [0, 0.1) is 0 Å². The zero-order valence-corrected chi connectivity index (χ0v) is 8.54. The molecule has 4 heteroatoms. The van der Waals surface area contributed by atoms with Crippen molar-refractivity contribution in [3.05, 3.63) is 0 Å². The lowest BCUT2D eigenvalue weighted by Gasteiger charge is -2.23. The Morgan fingerprint density at radius 1 is 1.62 bits per heavy atom. The molecule has 13 heavy (non-hydrogen) atoms. The Balaban J connectivity index is 2.06. The van der Waals surface area contributed by atoms with Gasteiger partial charge in [-0.25, -0.2) is 0 Å². The van der Waals surface area contributed by atoms with Crippen LogP contribution < -0.4 is 0 Å². The van der Waals surface area contributed by atoms with Gasteiger partial charge < -0.3 is 14.3 Å². The third-order valence-electron chi connectivity index (χ3n) is 1.98. The summed E-state index contributed by atoms with van der Waals surface area (Å²) >= 11 is 4.20. The molecule has 1 rings (SSSR count). The zero-order chi connectivity index (χ0) is 9.52. The predicted molar refractivity (Wildman–Crippen MR) is 53.0 cm³/mol. The number of rotatable bonds is 5. The van der Waals surface area contributed by atoms with Crippen LogP contribution in [0.15, 0.2) is 0 Å². The highest BCUT2D eigenvalue weighted by Gasteiger charge is 2.15. The Bertz CT molecular complexity index is 146. The number of hydrogen-bond donors (Lipinski definition) is 1. The van der Waals surface area contributed by atoms with Crippen LogP contribution in [-0.4, -0.2) is 31.0 Å². The average Bonchev–Trinajstić information content (AvgIpc) is 2.17. The third-order valence-corrected chi connectivity index (χ3v) is 2.34. The van der Waals surface area contributed by atoms with Crippen molar-refractivity contribution in [1.82, 2.24) is 0 Å². The molecule has 0 aromatic carbocycles. The maximum atomic E-state index is 10.1. The molecule has 0 aromatic rings. The second kappa shape index (κ2) is 6.40. The summed E-state index contributed by atoms with van der Waals surface area (Å²) in [5.41, 5.74) is 0. The van der Waals surface area contributed by atoms with Gasteiger partial charge in [0.1, 0.15) is 6.29 Å². The molecule has 76 valence electrons. The van der Waals surface area contributed by atoms with E-state index in [1.807, 2.05) is 0 Å². The van der Waals surface area contributed by atoms with Crippen LogP contribution in [0.1, 0.15) is 25.7 Å². The van der Waals surface area contributed by atoms with E-state index < -0.39 is 0 Å². The van der Waals surface area contributed by atoms with Gasteiger partial charge in [0.2, 0.25) is 0 Å². The van der Waals surface area contributed by atoms with Gasteiger partial charge in [-0.15, -0.1) is 0 Å². The SMILES string of the molecule is O=CCC(S)COC1CCCCO1. The van der Waals surface area contributed by atoms with Gasteiger partial charge in [0, 0.05) is 18.3 Å². The molecule has 2 atom stereocenters. The Kier molecular flexibility index (Phi) is 5.43. The average molecular weight is 204 g/mol. The molecule has 0 aromatic heterocycles. The Morgan fingerprint density at radius 2 is 2.46 bits per heavy atom. The number of carbonyl (C=O) groups excluding carboxylic acids is 1. The topological polar surface area (TPSA) is 35.5 Å². The normalized spacial score (nSPS) is 25.5. The minimum absolute atomic E-state index is 0.00280. The van der Waals surface area contributed by atoms with Gasteiger partial charge in [-0.1, -0.05) is 0 Å². The molecule has 1 saturated heterocycles. The maximum Gasteiger partial charge on any atom is 0.157 e. The van der Waals surface area contributed by atoms with Crippen LogP contribution in [0.25, 0.3) is 0 Å². The van der Waals surface area contributed by atoms with E-state index in [0.29, 0.717) is 13.0 Å². The molecule has 0 aliphatic carbocycles. The minimum atomic E-state index is -0.0740. The predicted octanol–water partition coefficient (Wildman–Crippen LogP) is 1.42. The van der Waals surface area contributed by atoms with E-state index in [1.165, 1.54) is 0 Å². The van der Waals surface area contributed by atoms with Crippen LogP contribution in [-0.2, 0) is 14.3 Å². The zero-order valence-electron chi connectivity index (χ0n) is 7.65. The number of carbonyl (C=O) groups is 1. The van der Waals surface area contributed by atoms with Crippen molar-refractivity contribution in [2.24, 2.45) is 0 Å². The van der Waals surface area contributed by atoms with Crippen molar-refractivity contribution in [2.45, 2.75) is 37.2 Å². The van der Waals surface area contributed by atoms with E-state index in [9.17, 15) is 4.79 Å². The highest BCUT2D eigenvalue weighted by molar-refractivity contribution is 7.81. The molecule has 0 amide bonds. The van der Waals surface area contributed by atoms with E-state index in [0.717, 1.165) is 32.2 Å². The van der Waals surface area contributed by atoms with Gasteiger partial charge >= 0.3 is 0 Å². The minimum Gasteiger partial charge on any atom is -0.353 e. The summed E-state index contributed by atoms with van der Waals surface area (Å²) in [5.74, 6) is 0. The van der Waals surface area contributed by atoms with E-state index in [2.05, 4.69) is 12.6 Å². The molecule has 0 saturated carbocycles. The summed E-state index contributed by atoms with van der Waals surface area (Å²) in [6.45, 7) is 1.28. The van der Waals surface area contributed by atoms with Crippen molar-refractivity contribution < 1.29 is 14.3 Å². The first-order valence-corrected chi connectivity index (χ1v) is 5.19. The second-order valence-electron chi connectivity index (χ2n) is 3.19. The number of aldehydes is 1. The quantitative estimate of drug-likeness (QED) is 0.543. The summed E-state index contributed by atoms with van der Waals surface area (Å²) in [6, 6.07) is 0. The highest BCUT2D eigenvalue weighted by atomic mass is 32.1. The van der Waals surface area contributed by atoms with Gasteiger partial charge in [0.05, 0.1) is 6.61 Å². The maximum absolute atomic E-state index is 10.1. The van der Waals surface area contributed by atoms with Crippen LogP contribution >= 0.6 is 12.6 Å².